The molecule has 0 radical (unpaired) electrons. The summed E-state index contributed by atoms with van der Waals surface area (Å²) in [4.78, 5) is 9.72. The minimum absolute atomic E-state index is 0.155. The lowest BCUT2D eigenvalue weighted by Crippen LogP contribution is -2.30. The summed E-state index contributed by atoms with van der Waals surface area (Å²) in [6.07, 6.45) is -2.42. The van der Waals surface area contributed by atoms with Crippen LogP contribution in [0.15, 0.2) is 23.1 Å². The van der Waals surface area contributed by atoms with Gasteiger partial charge in [0.15, 0.2) is 4.90 Å². The Hall–Kier alpha value is -1.75. The molecule has 10 heteroatoms. The number of methoxy groups -OCH3 is 1. The van der Waals surface area contributed by atoms with E-state index >= 15 is 0 Å². The molecule has 2 rings (SSSR count). The van der Waals surface area contributed by atoms with Crippen molar-refractivity contribution < 1.29 is 28.3 Å². The molecule has 1 aliphatic rings. The number of aliphatic hydroxyl groups excluding tert-OH is 2. The Kier molecular flexibility index (Phi) is 4.14. The van der Waals surface area contributed by atoms with Gasteiger partial charge in [0.1, 0.15) is 5.75 Å². The number of β-amino-alcohol motifs (C(OH)–C–C–N with tert-alkyl or cyclic N) is 2. The lowest BCUT2D eigenvalue weighted by atomic mass is 10.3. The van der Waals surface area contributed by atoms with Crippen molar-refractivity contribution in [1.82, 2.24) is 4.31 Å². The summed E-state index contributed by atoms with van der Waals surface area (Å²) in [6.45, 7) is -0.626. The number of nitrogens with zero attached hydrogens (tertiary/aromatic N) is 2. The summed E-state index contributed by atoms with van der Waals surface area (Å²) in [5.74, 6) is 0.155. The summed E-state index contributed by atoms with van der Waals surface area (Å²) < 4.78 is 30.5. The van der Waals surface area contributed by atoms with Gasteiger partial charge in [-0.15, -0.1) is 0 Å². The topological polar surface area (TPSA) is 130 Å². The van der Waals surface area contributed by atoms with Gasteiger partial charge in [-0.05, 0) is 12.1 Å². The zero-order chi connectivity index (χ0) is 15.8. The quantitative estimate of drug-likeness (QED) is 0.556. The van der Waals surface area contributed by atoms with E-state index in [1.807, 2.05) is 0 Å². The summed E-state index contributed by atoms with van der Waals surface area (Å²) in [5.41, 5.74) is -0.620. The van der Waals surface area contributed by atoms with Crippen LogP contribution < -0.4 is 4.74 Å². The van der Waals surface area contributed by atoms with Crippen molar-refractivity contribution in [2.45, 2.75) is 17.1 Å². The molecule has 0 spiro atoms. The highest BCUT2D eigenvalue weighted by atomic mass is 32.2. The zero-order valence-corrected chi connectivity index (χ0v) is 11.9. The van der Waals surface area contributed by atoms with Gasteiger partial charge >= 0.3 is 0 Å². The Morgan fingerprint density at radius 3 is 2.38 bits per heavy atom. The number of benzene rings is 1. The van der Waals surface area contributed by atoms with Crippen molar-refractivity contribution in [3.8, 4) is 5.75 Å². The molecule has 1 saturated heterocycles. The number of hydrogen-bond acceptors (Lipinski definition) is 7. The Labute approximate surface area is 120 Å². The molecule has 116 valence electrons. The van der Waals surface area contributed by atoms with Crippen molar-refractivity contribution in [2.24, 2.45) is 0 Å². The third-order valence-electron chi connectivity index (χ3n) is 3.21. The fourth-order valence-corrected chi connectivity index (χ4v) is 3.67. The minimum Gasteiger partial charge on any atom is -0.497 e. The van der Waals surface area contributed by atoms with E-state index in [1.54, 1.807) is 0 Å². The van der Waals surface area contributed by atoms with Crippen LogP contribution in [0.1, 0.15) is 0 Å². The average Bonchev–Trinajstić information content (AvgIpc) is 2.78. The molecule has 1 aromatic rings. The van der Waals surface area contributed by atoms with Gasteiger partial charge in [-0.3, -0.25) is 10.1 Å². The average molecular weight is 318 g/mol. The Bertz CT molecular complexity index is 651. The second-order valence-corrected chi connectivity index (χ2v) is 6.45. The molecule has 0 saturated carbocycles. The molecule has 21 heavy (non-hydrogen) atoms. The van der Waals surface area contributed by atoms with Crippen LogP contribution in [0.2, 0.25) is 0 Å². The molecular formula is C11H14N2O7S. The molecule has 1 heterocycles. The molecular weight excluding hydrogens is 304 g/mol. The molecule has 2 atom stereocenters. The van der Waals surface area contributed by atoms with Gasteiger partial charge in [-0.25, -0.2) is 8.42 Å². The van der Waals surface area contributed by atoms with E-state index in [0.29, 0.717) is 0 Å². The Morgan fingerprint density at radius 1 is 1.33 bits per heavy atom. The van der Waals surface area contributed by atoms with Gasteiger partial charge in [-0.2, -0.15) is 4.31 Å². The molecule has 1 aliphatic heterocycles. The van der Waals surface area contributed by atoms with Gasteiger partial charge in [0.05, 0.1) is 30.3 Å². The van der Waals surface area contributed by atoms with Gasteiger partial charge in [0.2, 0.25) is 10.0 Å². The van der Waals surface area contributed by atoms with Crippen molar-refractivity contribution in [2.75, 3.05) is 20.2 Å². The first kappa shape index (κ1) is 15.6. The Morgan fingerprint density at radius 2 is 1.90 bits per heavy atom. The van der Waals surface area contributed by atoms with Gasteiger partial charge in [0, 0.05) is 13.1 Å². The first-order chi connectivity index (χ1) is 9.77. The highest BCUT2D eigenvalue weighted by Crippen LogP contribution is 2.31. The number of sulfonamides is 1. The molecule has 2 N–H and O–H groups in total. The number of ether oxygens (including phenoxy) is 1. The monoisotopic (exact) mass is 318 g/mol. The maximum absolute atomic E-state index is 12.4. The van der Waals surface area contributed by atoms with Gasteiger partial charge in [0.25, 0.3) is 5.69 Å². The number of hydrogen-bond donors (Lipinski definition) is 2. The number of rotatable bonds is 4. The van der Waals surface area contributed by atoms with E-state index in [1.165, 1.54) is 13.2 Å². The highest BCUT2D eigenvalue weighted by molar-refractivity contribution is 7.89. The van der Waals surface area contributed by atoms with Crippen molar-refractivity contribution in [3.63, 3.8) is 0 Å². The second kappa shape index (κ2) is 5.56. The first-order valence-electron chi connectivity index (χ1n) is 5.96. The second-order valence-electron chi connectivity index (χ2n) is 4.55. The number of aliphatic hydroxyl groups is 2. The van der Waals surface area contributed by atoms with E-state index in [4.69, 9.17) is 4.74 Å². The third-order valence-corrected chi connectivity index (χ3v) is 5.09. The van der Waals surface area contributed by atoms with Crippen molar-refractivity contribution in [3.05, 3.63) is 28.3 Å². The maximum atomic E-state index is 12.4. The fourth-order valence-electron chi connectivity index (χ4n) is 2.06. The largest absolute Gasteiger partial charge is 0.497 e. The third kappa shape index (κ3) is 2.83. The summed E-state index contributed by atoms with van der Waals surface area (Å²) in [7, 11) is -2.88. The maximum Gasteiger partial charge on any atom is 0.293 e. The summed E-state index contributed by atoms with van der Waals surface area (Å²) in [6, 6.07) is 3.38. The van der Waals surface area contributed by atoms with Gasteiger partial charge < -0.3 is 14.9 Å². The summed E-state index contributed by atoms with van der Waals surface area (Å²) in [5, 5.41) is 29.9. The zero-order valence-electron chi connectivity index (χ0n) is 11.0. The van der Waals surface area contributed by atoms with Crippen LogP contribution in [0.5, 0.6) is 5.75 Å². The molecule has 1 fully saturated rings. The van der Waals surface area contributed by atoms with Gasteiger partial charge in [-0.1, -0.05) is 0 Å². The standard InChI is InChI=1S/C11H14N2O7S/c1-20-7-2-3-11(8(4-7)13(16)17)21(18,19)12-5-9(14)10(15)6-12/h2-4,9-10,14-15H,5-6H2,1H3/t9-,10+. The highest BCUT2D eigenvalue weighted by Gasteiger charge is 2.40. The molecule has 0 aromatic heterocycles. The normalized spacial score (nSPS) is 23.2. The molecule has 9 nitrogen and oxygen atoms in total. The van der Waals surface area contributed by atoms with E-state index in [2.05, 4.69) is 0 Å². The fraction of sp³-hybridized carbons (Fsp3) is 0.455. The molecule has 1 aromatic carbocycles. The van der Waals surface area contributed by atoms with Crippen LogP contribution in [0.25, 0.3) is 0 Å². The van der Waals surface area contributed by atoms with Crippen LogP contribution in [0.3, 0.4) is 0 Å². The SMILES string of the molecule is COc1ccc(S(=O)(=O)N2C[C@@H](O)[C@@H](O)C2)c([N+](=O)[O-])c1. The van der Waals surface area contributed by atoms with E-state index < -0.39 is 37.7 Å². The summed E-state index contributed by atoms with van der Waals surface area (Å²) >= 11 is 0. The van der Waals surface area contributed by atoms with Crippen LogP contribution in [0, 0.1) is 10.1 Å². The van der Waals surface area contributed by atoms with Crippen molar-refractivity contribution >= 4 is 15.7 Å². The number of nitro benzene ring substituents is 1. The lowest BCUT2D eigenvalue weighted by Gasteiger charge is -2.15. The molecule has 0 aliphatic carbocycles. The smallest absolute Gasteiger partial charge is 0.293 e. The van der Waals surface area contributed by atoms with Crippen molar-refractivity contribution in [1.29, 1.82) is 0 Å². The van der Waals surface area contributed by atoms with Crippen LogP contribution in [-0.2, 0) is 10.0 Å². The van der Waals surface area contributed by atoms with E-state index in [0.717, 1.165) is 16.4 Å². The predicted molar refractivity (Wildman–Crippen MR) is 70.4 cm³/mol. The van der Waals surface area contributed by atoms with E-state index in [9.17, 15) is 28.7 Å². The van der Waals surface area contributed by atoms with Crippen LogP contribution in [-0.4, -0.2) is 60.3 Å². The molecule has 0 amide bonds. The molecule has 0 unspecified atom stereocenters. The minimum atomic E-state index is -4.19. The lowest BCUT2D eigenvalue weighted by molar-refractivity contribution is -0.387. The molecule has 0 bridgehead atoms. The van der Waals surface area contributed by atoms with E-state index in [-0.39, 0.29) is 18.8 Å². The Balaban J connectivity index is 2.48. The number of nitro groups is 1. The van der Waals surface area contributed by atoms with Crippen LogP contribution in [0.4, 0.5) is 5.69 Å². The predicted octanol–water partition coefficient (Wildman–Crippen LogP) is -0.671. The first-order valence-corrected chi connectivity index (χ1v) is 7.40. The van der Waals surface area contributed by atoms with Crippen LogP contribution >= 0.6 is 0 Å².